The standard InChI is InChI=1S/C17H20N2O4/c1-11(17(22)23)18-15(20)13-7-9-14(10-8-13)19-16(21)12-5-3-2-4-6-12/h2-3,7-12H,4-6H2,1H3,(H,18,20)(H,19,21)(H,22,23)/t11-,12+/m1/s1. The van der Waals surface area contributed by atoms with Crippen LogP contribution in [0.2, 0.25) is 0 Å². The number of carboxylic acid groups (broad SMARTS) is 1. The number of carbonyl (C=O) groups excluding carboxylic acids is 2. The van der Waals surface area contributed by atoms with E-state index in [1.807, 2.05) is 6.08 Å². The van der Waals surface area contributed by atoms with Crippen molar-refractivity contribution < 1.29 is 19.5 Å². The van der Waals surface area contributed by atoms with Gasteiger partial charge in [-0.05, 0) is 50.5 Å². The van der Waals surface area contributed by atoms with Crippen LogP contribution in [-0.2, 0) is 9.59 Å². The number of hydrogen-bond donors (Lipinski definition) is 3. The van der Waals surface area contributed by atoms with Gasteiger partial charge >= 0.3 is 5.97 Å². The SMILES string of the molecule is C[C@@H](NC(=O)c1ccc(NC(=O)[C@H]2CC=CCC2)cc1)C(=O)O. The maximum absolute atomic E-state index is 12.1. The molecule has 23 heavy (non-hydrogen) atoms. The van der Waals surface area contributed by atoms with Crippen LogP contribution in [0.5, 0.6) is 0 Å². The van der Waals surface area contributed by atoms with Crippen LogP contribution in [0, 0.1) is 5.92 Å². The summed E-state index contributed by atoms with van der Waals surface area (Å²) in [5.74, 6) is -1.59. The molecule has 2 rings (SSSR count). The number of benzene rings is 1. The Morgan fingerprint density at radius 3 is 2.43 bits per heavy atom. The van der Waals surface area contributed by atoms with Gasteiger partial charge in [-0.2, -0.15) is 0 Å². The van der Waals surface area contributed by atoms with E-state index in [1.54, 1.807) is 24.3 Å². The van der Waals surface area contributed by atoms with Gasteiger partial charge in [-0.25, -0.2) is 0 Å². The molecule has 0 heterocycles. The quantitative estimate of drug-likeness (QED) is 0.726. The lowest BCUT2D eigenvalue weighted by molar-refractivity contribution is -0.138. The van der Waals surface area contributed by atoms with Gasteiger partial charge in [0.15, 0.2) is 0 Å². The molecule has 0 radical (unpaired) electrons. The number of carbonyl (C=O) groups is 3. The first-order valence-electron chi connectivity index (χ1n) is 7.57. The first-order valence-corrected chi connectivity index (χ1v) is 7.57. The maximum Gasteiger partial charge on any atom is 0.325 e. The summed E-state index contributed by atoms with van der Waals surface area (Å²) in [6, 6.07) is 5.43. The molecule has 0 saturated carbocycles. The molecule has 1 aromatic carbocycles. The van der Waals surface area contributed by atoms with E-state index < -0.39 is 17.9 Å². The second-order valence-electron chi connectivity index (χ2n) is 5.58. The van der Waals surface area contributed by atoms with Crippen molar-refractivity contribution in [2.75, 3.05) is 5.32 Å². The van der Waals surface area contributed by atoms with Crippen molar-refractivity contribution in [3.05, 3.63) is 42.0 Å². The molecule has 0 aliphatic heterocycles. The molecule has 0 spiro atoms. The Kier molecular flexibility index (Phi) is 5.51. The molecule has 1 aliphatic carbocycles. The van der Waals surface area contributed by atoms with Crippen molar-refractivity contribution in [1.82, 2.24) is 5.32 Å². The van der Waals surface area contributed by atoms with E-state index in [0.717, 1.165) is 19.3 Å². The van der Waals surface area contributed by atoms with E-state index in [9.17, 15) is 14.4 Å². The van der Waals surface area contributed by atoms with Gasteiger partial charge < -0.3 is 15.7 Å². The van der Waals surface area contributed by atoms with Crippen molar-refractivity contribution >= 4 is 23.5 Å². The zero-order valence-corrected chi connectivity index (χ0v) is 12.9. The van der Waals surface area contributed by atoms with Crippen molar-refractivity contribution in [3.63, 3.8) is 0 Å². The predicted octanol–water partition coefficient (Wildman–Crippen LogP) is 2.18. The topological polar surface area (TPSA) is 95.5 Å². The highest BCUT2D eigenvalue weighted by molar-refractivity contribution is 5.97. The number of anilines is 1. The molecular formula is C17H20N2O4. The molecule has 1 aromatic rings. The minimum absolute atomic E-state index is 0.0145. The molecule has 6 heteroatoms. The van der Waals surface area contributed by atoms with Crippen LogP contribution in [0.4, 0.5) is 5.69 Å². The van der Waals surface area contributed by atoms with Gasteiger partial charge in [-0.3, -0.25) is 14.4 Å². The summed E-state index contributed by atoms with van der Waals surface area (Å²) in [7, 11) is 0. The predicted molar refractivity (Wildman–Crippen MR) is 86.1 cm³/mol. The van der Waals surface area contributed by atoms with Gasteiger partial charge in [-0.1, -0.05) is 12.2 Å². The molecular weight excluding hydrogens is 296 g/mol. The number of amides is 2. The Labute approximate surface area is 134 Å². The zero-order valence-electron chi connectivity index (χ0n) is 12.9. The molecule has 1 aliphatic rings. The fourth-order valence-corrected chi connectivity index (χ4v) is 2.32. The lowest BCUT2D eigenvalue weighted by atomic mass is 9.93. The van der Waals surface area contributed by atoms with Crippen molar-refractivity contribution in [1.29, 1.82) is 0 Å². The molecule has 6 nitrogen and oxygen atoms in total. The lowest BCUT2D eigenvalue weighted by Crippen LogP contribution is -2.38. The highest BCUT2D eigenvalue weighted by Crippen LogP contribution is 2.20. The fourth-order valence-electron chi connectivity index (χ4n) is 2.32. The molecule has 0 bridgehead atoms. The first kappa shape index (κ1) is 16.7. The summed E-state index contributed by atoms with van der Waals surface area (Å²) < 4.78 is 0. The molecule has 3 N–H and O–H groups in total. The molecule has 2 atom stereocenters. The van der Waals surface area contributed by atoms with Crippen LogP contribution in [0.1, 0.15) is 36.5 Å². The summed E-state index contributed by atoms with van der Waals surface area (Å²) in [6.45, 7) is 1.40. The second-order valence-corrected chi connectivity index (χ2v) is 5.58. The largest absolute Gasteiger partial charge is 0.480 e. The third kappa shape index (κ3) is 4.67. The van der Waals surface area contributed by atoms with Gasteiger partial charge in [0.05, 0.1) is 0 Å². The third-order valence-electron chi connectivity index (χ3n) is 3.77. The Balaban J connectivity index is 1.93. The summed E-state index contributed by atoms with van der Waals surface area (Å²) in [5, 5.41) is 14.0. The van der Waals surface area contributed by atoms with E-state index in [4.69, 9.17) is 5.11 Å². The van der Waals surface area contributed by atoms with Crippen LogP contribution in [0.25, 0.3) is 0 Å². The summed E-state index contributed by atoms with van der Waals surface area (Å²) in [6.07, 6.45) is 6.61. The number of rotatable bonds is 5. The third-order valence-corrected chi connectivity index (χ3v) is 3.77. The van der Waals surface area contributed by atoms with E-state index in [2.05, 4.69) is 16.7 Å². The summed E-state index contributed by atoms with van der Waals surface area (Å²) >= 11 is 0. The molecule has 0 aromatic heterocycles. The van der Waals surface area contributed by atoms with Crippen molar-refractivity contribution in [3.8, 4) is 0 Å². The number of hydrogen-bond acceptors (Lipinski definition) is 3. The Morgan fingerprint density at radius 2 is 1.87 bits per heavy atom. The number of aliphatic carboxylic acids is 1. The highest BCUT2D eigenvalue weighted by Gasteiger charge is 2.19. The van der Waals surface area contributed by atoms with Crippen LogP contribution in [-0.4, -0.2) is 28.9 Å². The van der Waals surface area contributed by atoms with Crippen molar-refractivity contribution in [2.45, 2.75) is 32.2 Å². The Bertz CT molecular complexity index is 622. The number of allylic oxidation sites excluding steroid dienone is 2. The molecule has 0 fully saturated rings. The average Bonchev–Trinajstić information content (AvgIpc) is 2.56. The molecule has 2 amide bonds. The van der Waals surface area contributed by atoms with Gasteiger partial charge in [-0.15, -0.1) is 0 Å². The van der Waals surface area contributed by atoms with Crippen LogP contribution < -0.4 is 10.6 Å². The zero-order chi connectivity index (χ0) is 16.8. The van der Waals surface area contributed by atoms with E-state index >= 15 is 0 Å². The molecule has 0 unspecified atom stereocenters. The minimum Gasteiger partial charge on any atom is -0.480 e. The number of carboxylic acids is 1. The molecule has 0 saturated heterocycles. The van der Waals surface area contributed by atoms with E-state index in [1.165, 1.54) is 6.92 Å². The maximum atomic E-state index is 12.1. The second kappa shape index (κ2) is 7.58. The van der Waals surface area contributed by atoms with Crippen LogP contribution in [0.3, 0.4) is 0 Å². The van der Waals surface area contributed by atoms with E-state index in [-0.39, 0.29) is 11.8 Å². The first-order chi connectivity index (χ1) is 11.0. The lowest BCUT2D eigenvalue weighted by Gasteiger charge is -2.17. The van der Waals surface area contributed by atoms with Crippen LogP contribution in [0.15, 0.2) is 36.4 Å². The number of nitrogens with one attached hydrogen (secondary N) is 2. The smallest absolute Gasteiger partial charge is 0.325 e. The molecule has 122 valence electrons. The van der Waals surface area contributed by atoms with Crippen LogP contribution >= 0.6 is 0 Å². The van der Waals surface area contributed by atoms with E-state index in [0.29, 0.717) is 11.3 Å². The summed E-state index contributed by atoms with van der Waals surface area (Å²) in [5.41, 5.74) is 0.962. The van der Waals surface area contributed by atoms with Gasteiger partial charge in [0, 0.05) is 17.2 Å². The van der Waals surface area contributed by atoms with Gasteiger partial charge in [0.25, 0.3) is 5.91 Å². The van der Waals surface area contributed by atoms with Gasteiger partial charge in [0.1, 0.15) is 6.04 Å². The Hall–Kier alpha value is -2.63. The fraction of sp³-hybridized carbons (Fsp3) is 0.353. The Morgan fingerprint density at radius 1 is 1.17 bits per heavy atom. The van der Waals surface area contributed by atoms with Crippen molar-refractivity contribution in [2.24, 2.45) is 5.92 Å². The highest BCUT2D eigenvalue weighted by atomic mass is 16.4. The van der Waals surface area contributed by atoms with Gasteiger partial charge in [0.2, 0.25) is 5.91 Å². The normalized spacial score (nSPS) is 18.0. The minimum atomic E-state index is -1.09. The monoisotopic (exact) mass is 316 g/mol. The summed E-state index contributed by atoms with van der Waals surface area (Å²) in [4.78, 5) is 34.7. The average molecular weight is 316 g/mol.